The Hall–Kier alpha value is -3.00. The number of nitrogens with one attached hydrogen (secondary N) is 1. The molecular formula is C20H21N5O2S. The van der Waals surface area contributed by atoms with E-state index in [4.69, 9.17) is 10.6 Å². The Morgan fingerprint density at radius 3 is 2.86 bits per heavy atom. The number of thioether (sulfide) groups is 1. The van der Waals surface area contributed by atoms with E-state index in [1.165, 1.54) is 16.4 Å². The van der Waals surface area contributed by atoms with Gasteiger partial charge in [0.15, 0.2) is 5.82 Å². The van der Waals surface area contributed by atoms with E-state index in [1.54, 1.807) is 0 Å². The predicted octanol–water partition coefficient (Wildman–Crippen LogP) is 2.70. The molecule has 4 rings (SSSR count). The van der Waals surface area contributed by atoms with Crippen LogP contribution in [0.3, 0.4) is 0 Å². The lowest BCUT2D eigenvalue weighted by Gasteiger charge is -2.26. The number of benzene rings is 2. The summed E-state index contributed by atoms with van der Waals surface area (Å²) in [6, 6.07) is 15.6. The average molecular weight is 395 g/mol. The molecule has 0 fully saturated rings. The average Bonchev–Trinajstić information content (AvgIpc) is 3.08. The van der Waals surface area contributed by atoms with Gasteiger partial charge in [-0.2, -0.15) is 0 Å². The number of rotatable bonds is 5. The molecule has 8 heteroatoms. The van der Waals surface area contributed by atoms with E-state index < -0.39 is 0 Å². The highest BCUT2D eigenvalue weighted by atomic mass is 32.2. The van der Waals surface area contributed by atoms with Crippen LogP contribution in [-0.2, 0) is 4.79 Å². The minimum atomic E-state index is -0.0772. The molecule has 1 aliphatic heterocycles. The number of hydrogen-bond acceptors (Lipinski definition) is 6. The van der Waals surface area contributed by atoms with Crippen molar-refractivity contribution in [3.8, 4) is 17.1 Å². The van der Waals surface area contributed by atoms with E-state index in [-0.39, 0.29) is 17.7 Å². The number of nitrogens with zero attached hydrogens (tertiary/aromatic N) is 3. The molecule has 3 aromatic rings. The van der Waals surface area contributed by atoms with Gasteiger partial charge in [-0.05, 0) is 13.0 Å². The van der Waals surface area contributed by atoms with Gasteiger partial charge >= 0.3 is 0 Å². The molecule has 0 saturated heterocycles. The SMILES string of the molecule is Cc1ccc(-c2nnc(SCC(=O)NC3CCOc4ccccc43)n2N)cc1. The minimum Gasteiger partial charge on any atom is -0.493 e. The number of aryl methyl sites for hydroxylation is 1. The van der Waals surface area contributed by atoms with Gasteiger partial charge < -0.3 is 15.9 Å². The second-order valence-electron chi connectivity index (χ2n) is 6.63. The van der Waals surface area contributed by atoms with E-state index in [0.29, 0.717) is 17.6 Å². The summed E-state index contributed by atoms with van der Waals surface area (Å²) in [6.07, 6.45) is 0.748. The lowest BCUT2D eigenvalue weighted by Crippen LogP contribution is -2.33. The number of nitrogen functional groups attached to an aromatic ring is 1. The lowest BCUT2D eigenvalue weighted by molar-refractivity contribution is -0.119. The molecule has 1 aromatic heterocycles. The third-order valence-electron chi connectivity index (χ3n) is 4.60. The van der Waals surface area contributed by atoms with Gasteiger partial charge in [-0.25, -0.2) is 4.68 Å². The van der Waals surface area contributed by atoms with E-state index in [9.17, 15) is 4.79 Å². The maximum absolute atomic E-state index is 12.4. The molecule has 0 spiro atoms. The van der Waals surface area contributed by atoms with Gasteiger partial charge in [0, 0.05) is 17.5 Å². The summed E-state index contributed by atoms with van der Waals surface area (Å²) < 4.78 is 7.06. The summed E-state index contributed by atoms with van der Waals surface area (Å²) in [6.45, 7) is 2.61. The Balaban J connectivity index is 1.39. The summed E-state index contributed by atoms with van der Waals surface area (Å²) in [4.78, 5) is 12.4. The highest BCUT2D eigenvalue weighted by Gasteiger charge is 2.23. The molecule has 1 amide bonds. The maximum atomic E-state index is 12.4. The third-order valence-corrected chi connectivity index (χ3v) is 5.54. The molecule has 0 saturated carbocycles. The van der Waals surface area contributed by atoms with Crippen molar-refractivity contribution in [1.82, 2.24) is 20.2 Å². The summed E-state index contributed by atoms with van der Waals surface area (Å²) >= 11 is 1.26. The van der Waals surface area contributed by atoms with Gasteiger partial charge in [-0.3, -0.25) is 4.79 Å². The Morgan fingerprint density at radius 1 is 1.25 bits per heavy atom. The van der Waals surface area contributed by atoms with Crippen LogP contribution in [-0.4, -0.2) is 33.1 Å². The van der Waals surface area contributed by atoms with Gasteiger partial charge in [0.2, 0.25) is 11.1 Å². The van der Waals surface area contributed by atoms with Crippen LogP contribution in [0.1, 0.15) is 23.6 Å². The number of hydrogen-bond donors (Lipinski definition) is 2. The Bertz CT molecular complexity index is 987. The molecule has 3 N–H and O–H groups in total. The van der Waals surface area contributed by atoms with Gasteiger partial charge in [-0.1, -0.05) is 59.8 Å². The quantitative estimate of drug-likeness (QED) is 0.509. The van der Waals surface area contributed by atoms with Gasteiger partial charge in [0.25, 0.3) is 0 Å². The molecule has 2 aromatic carbocycles. The van der Waals surface area contributed by atoms with Crippen molar-refractivity contribution < 1.29 is 9.53 Å². The maximum Gasteiger partial charge on any atom is 0.230 e. The largest absolute Gasteiger partial charge is 0.493 e. The fourth-order valence-corrected chi connectivity index (χ4v) is 3.80. The van der Waals surface area contributed by atoms with Crippen LogP contribution in [0.5, 0.6) is 5.75 Å². The zero-order valence-electron chi connectivity index (χ0n) is 15.5. The van der Waals surface area contributed by atoms with Crippen LogP contribution in [0.4, 0.5) is 0 Å². The van der Waals surface area contributed by atoms with Gasteiger partial charge in [-0.15, -0.1) is 10.2 Å². The number of fused-ring (bicyclic) bond motifs is 1. The smallest absolute Gasteiger partial charge is 0.230 e. The second-order valence-corrected chi connectivity index (χ2v) is 7.57. The van der Waals surface area contributed by atoms with Crippen molar-refractivity contribution in [1.29, 1.82) is 0 Å². The zero-order chi connectivity index (χ0) is 19.5. The van der Waals surface area contributed by atoms with Crippen molar-refractivity contribution in [2.45, 2.75) is 24.5 Å². The normalized spacial score (nSPS) is 15.5. The number of carbonyl (C=O) groups excluding carboxylic acids is 1. The minimum absolute atomic E-state index is 0.0445. The summed E-state index contributed by atoms with van der Waals surface area (Å²) in [5.41, 5.74) is 3.05. The number of nitrogens with two attached hydrogens (primary N) is 1. The number of ether oxygens (including phenoxy) is 1. The number of aromatic nitrogens is 3. The molecule has 1 atom stereocenters. The third kappa shape index (κ3) is 3.82. The van der Waals surface area contributed by atoms with Crippen molar-refractivity contribution in [3.63, 3.8) is 0 Å². The van der Waals surface area contributed by atoms with E-state index in [0.717, 1.165) is 28.9 Å². The molecular weight excluding hydrogens is 374 g/mol. The zero-order valence-corrected chi connectivity index (χ0v) is 16.3. The van der Waals surface area contributed by atoms with Crippen molar-refractivity contribution in [2.75, 3.05) is 18.2 Å². The first-order chi connectivity index (χ1) is 13.6. The van der Waals surface area contributed by atoms with E-state index >= 15 is 0 Å². The predicted molar refractivity (Wildman–Crippen MR) is 109 cm³/mol. The summed E-state index contributed by atoms with van der Waals surface area (Å²) in [5, 5.41) is 11.8. The Labute approximate surface area is 167 Å². The van der Waals surface area contributed by atoms with Crippen LogP contribution < -0.4 is 15.9 Å². The molecule has 0 bridgehead atoms. The molecule has 7 nitrogen and oxygen atoms in total. The second kappa shape index (κ2) is 7.93. The van der Waals surface area contributed by atoms with Gasteiger partial charge in [0.1, 0.15) is 5.75 Å². The standard InChI is InChI=1S/C20H21N5O2S/c1-13-6-8-14(9-7-13)19-23-24-20(25(19)21)28-12-18(26)22-16-10-11-27-17-5-3-2-4-15(16)17/h2-9,16H,10-12,21H2,1H3,(H,22,26). The van der Waals surface area contributed by atoms with Crippen LogP contribution in [0, 0.1) is 6.92 Å². The Kier molecular flexibility index (Phi) is 5.21. The fourth-order valence-electron chi connectivity index (χ4n) is 3.13. The van der Waals surface area contributed by atoms with Crippen LogP contribution >= 0.6 is 11.8 Å². The fraction of sp³-hybridized carbons (Fsp3) is 0.250. The molecule has 28 heavy (non-hydrogen) atoms. The number of para-hydroxylation sites is 1. The summed E-state index contributed by atoms with van der Waals surface area (Å²) in [5.74, 6) is 7.66. The topological polar surface area (TPSA) is 95.1 Å². The molecule has 0 aliphatic carbocycles. The van der Waals surface area contributed by atoms with E-state index in [2.05, 4.69) is 15.5 Å². The van der Waals surface area contributed by atoms with Crippen LogP contribution in [0.2, 0.25) is 0 Å². The van der Waals surface area contributed by atoms with Crippen molar-refractivity contribution >= 4 is 17.7 Å². The monoisotopic (exact) mass is 395 g/mol. The first-order valence-electron chi connectivity index (χ1n) is 9.03. The van der Waals surface area contributed by atoms with E-state index in [1.807, 2.05) is 55.5 Å². The first-order valence-corrected chi connectivity index (χ1v) is 10.0. The molecule has 0 radical (unpaired) electrons. The molecule has 2 heterocycles. The van der Waals surface area contributed by atoms with Crippen molar-refractivity contribution in [3.05, 3.63) is 59.7 Å². The van der Waals surface area contributed by atoms with Crippen molar-refractivity contribution in [2.24, 2.45) is 0 Å². The first kappa shape index (κ1) is 18.4. The highest BCUT2D eigenvalue weighted by Crippen LogP contribution is 2.31. The molecule has 144 valence electrons. The molecule has 1 aliphatic rings. The lowest BCUT2D eigenvalue weighted by atomic mass is 10.0. The van der Waals surface area contributed by atoms with Gasteiger partial charge in [0.05, 0.1) is 18.4 Å². The van der Waals surface area contributed by atoms with Crippen LogP contribution in [0.25, 0.3) is 11.4 Å². The number of amides is 1. The molecule has 1 unspecified atom stereocenters. The number of carbonyl (C=O) groups is 1. The highest BCUT2D eigenvalue weighted by molar-refractivity contribution is 7.99. The summed E-state index contributed by atoms with van der Waals surface area (Å²) in [7, 11) is 0. The Morgan fingerprint density at radius 2 is 2.04 bits per heavy atom. The van der Waals surface area contributed by atoms with Crippen LogP contribution in [0.15, 0.2) is 53.7 Å².